The summed E-state index contributed by atoms with van der Waals surface area (Å²) in [6.07, 6.45) is 0. The van der Waals surface area contributed by atoms with Gasteiger partial charge in [0, 0.05) is 40.4 Å². The number of carbonyl (C=O) groups is 3. The number of benzene rings is 3. The number of aromatic nitrogens is 1. The molecule has 0 bridgehead atoms. The topological polar surface area (TPSA) is 148 Å². The van der Waals surface area contributed by atoms with E-state index in [-0.39, 0.29) is 22.4 Å². The molecule has 4 aromatic rings. The summed E-state index contributed by atoms with van der Waals surface area (Å²) in [7, 11) is 0. The van der Waals surface area contributed by atoms with Gasteiger partial charge in [-0.05, 0) is 30.3 Å². The first-order valence-electron chi connectivity index (χ1n) is 10.3. The fourth-order valence-electron chi connectivity index (χ4n) is 3.37. The maximum atomic E-state index is 12.7. The second-order valence-corrected chi connectivity index (χ2v) is 7.43. The highest BCUT2D eigenvalue weighted by Gasteiger charge is 2.16. The number of pyridine rings is 1. The smallest absolute Gasteiger partial charge is 0.338 e. The lowest BCUT2D eigenvalue weighted by Crippen LogP contribution is -2.17. The van der Waals surface area contributed by atoms with Crippen molar-refractivity contribution in [2.24, 2.45) is 0 Å². The molecule has 2 N–H and O–H groups in total. The normalized spacial score (nSPS) is 10.5. The minimum absolute atomic E-state index is 0.0531. The number of rotatable bonds is 7. The van der Waals surface area contributed by atoms with E-state index in [1.165, 1.54) is 48.5 Å². The highest BCUT2D eigenvalue weighted by molar-refractivity contribution is 6.12. The molecule has 3 aromatic carbocycles. The van der Waals surface area contributed by atoms with Crippen LogP contribution in [-0.4, -0.2) is 34.2 Å². The Hall–Kier alpha value is -5.12. The number of para-hydroxylation sites is 1. The van der Waals surface area contributed by atoms with Gasteiger partial charge >= 0.3 is 5.97 Å². The van der Waals surface area contributed by atoms with Crippen molar-refractivity contribution in [3.8, 4) is 0 Å². The zero-order valence-corrected chi connectivity index (χ0v) is 18.0. The predicted octanol–water partition coefficient (Wildman–Crippen LogP) is 3.73. The number of nitrogens with one attached hydrogen (secondary N) is 2. The molecular weight excluding hydrogens is 454 g/mol. The number of Topliss-reactive ketones (excluding diaryl/α,β-unsaturated/α-hetero) is 1. The van der Waals surface area contributed by atoms with Crippen molar-refractivity contribution in [1.82, 2.24) is 4.98 Å². The zero-order valence-electron chi connectivity index (χ0n) is 18.0. The van der Waals surface area contributed by atoms with Crippen LogP contribution in [0.4, 0.5) is 11.4 Å². The highest BCUT2D eigenvalue weighted by Crippen LogP contribution is 2.18. The number of ether oxygens (including phenoxy) is 1. The summed E-state index contributed by atoms with van der Waals surface area (Å²) >= 11 is 0. The summed E-state index contributed by atoms with van der Waals surface area (Å²) in [4.78, 5) is 62.0. The van der Waals surface area contributed by atoms with Gasteiger partial charge in [0.25, 0.3) is 11.6 Å². The number of nitrogens with zero attached hydrogens (tertiary/aromatic N) is 1. The van der Waals surface area contributed by atoms with Crippen LogP contribution in [0.1, 0.15) is 31.1 Å². The number of amides is 1. The van der Waals surface area contributed by atoms with Gasteiger partial charge in [0.2, 0.25) is 11.3 Å². The molecule has 0 aliphatic heterocycles. The molecule has 4 rings (SSSR count). The molecule has 0 unspecified atom stereocenters. The first kappa shape index (κ1) is 23.1. The molecule has 1 heterocycles. The number of ketones is 1. The molecule has 1 aromatic heterocycles. The molecule has 35 heavy (non-hydrogen) atoms. The van der Waals surface area contributed by atoms with Crippen LogP contribution in [0.2, 0.25) is 0 Å². The van der Waals surface area contributed by atoms with Crippen LogP contribution in [0.3, 0.4) is 0 Å². The monoisotopic (exact) mass is 471 g/mol. The summed E-state index contributed by atoms with van der Waals surface area (Å²) < 4.78 is 5.01. The van der Waals surface area contributed by atoms with Gasteiger partial charge < -0.3 is 15.0 Å². The lowest BCUT2D eigenvalue weighted by atomic mass is 10.1. The summed E-state index contributed by atoms with van der Waals surface area (Å²) in [6, 6.07) is 19.0. The van der Waals surface area contributed by atoms with Crippen molar-refractivity contribution in [3.63, 3.8) is 0 Å². The van der Waals surface area contributed by atoms with Crippen molar-refractivity contribution < 1.29 is 24.0 Å². The molecule has 0 aliphatic rings. The van der Waals surface area contributed by atoms with Gasteiger partial charge in [0.1, 0.15) is 0 Å². The SMILES string of the molecule is O=C(COC(=O)c1ccc(NC(=O)c2cc(=O)[nH]c3ccccc23)cc1)c1cccc([N+](=O)[O-])c1. The van der Waals surface area contributed by atoms with E-state index in [1.807, 2.05) is 0 Å². The van der Waals surface area contributed by atoms with Crippen molar-refractivity contribution in [2.75, 3.05) is 11.9 Å². The Labute approximate surface area is 197 Å². The fourth-order valence-corrected chi connectivity index (χ4v) is 3.37. The molecule has 0 saturated carbocycles. The van der Waals surface area contributed by atoms with Crippen LogP contribution in [0.5, 0.6) is 0 Å². The second kappa shape index (κ2) is 9.79. The number of aromatic amines is 1. The Morgan fingerprint density at radius 3 is 2.40 bits per heavy atom. The van der Waals surface area contributed by atoms with E-state index in [4.69, 9.17) is 4.74 Å². The molecule has 10 nitrogen and oxygen atoms in total. The van der Waals surface area contributed by atoms with Crippen LogP contribution < -0.4 is 10.9 Å². The Kier molecular flexibility index (Phi) is 6.45. The third-order valence-electron chi connectivity index (χ3n) is 5.09. The Balaban J connectivity index is 1.40. The largest absolute Gasteiger partial charge is 0.454 e. The molecule has 0 saturated heterocycles. The summed E-state index contributed by atoms with van der Waals surface area (Å²) in [5.41, 5.74) is 0.646. The molecule has 0 fully saturated rings. The summed E-state index contributed by atoms with van der Waals surface area (Å²) in [5.74, 6) is -1.86. The van der Waals surface area contributed by atoms with Crippen molar-refractivity contribution in [2.45, 2.75) is 0 Å². The zero-order chi connectivity index (χ0) is 24.9. The standard InChI is InChI=1S/C25H17N3O7/c29-22(16-4-3-5-18(12-16)28(33)34)14-35-25(32)15-8-10-17(11-9-15)26-24(31)20-13-23(30)27-21-7-2-1-6-19(20)21/h1-13H,14H2,(H,26,31)(H,27,30). The van der Waals surface area contributed by atoms with E-state index < -0.39 is 34.7 Å². The second-order valence-electron chi connectivity index (χ2n) is 7.43. The number of hydrogen-bond donors (Lipinski definition) is 2. The van der Waals surface area contributed by atoms with Gasteiger partial charge in [-0.1, -0.05) is 30.3 Å². The quantitative estimate of drug-likeness (QED) is 0.181. The summed E-state index contributed by atoms with van der Waals surface area (Å²) in [5, 5.41) is 14.1. The van der Waals surface area contributed by atoms with Crippen molar-refractivity contribution in [1.29, 1.82) is 0 Å². The molecular formula is C25H17N3O7. The third-order valence-corrected chi connectivity index (χ3v) is 5.09. The molecule has 0 atom stereocenters. The van der Waals surface area contributed by atoms with Gasteiger partial charge in [0.15, 0.2) is 6.61 Å². The maximum absolute atomic E-state index is 12.7. The lowest BCUT2D eigenvalue weighted by Gasteiger charge is -2.09. The highest BCUT2D eigenvalue weighted by atomic mass is 16.6. The van der Waals surface area contributed by atoms with E-state index in [2.05, 4.69) is 10.3 Å². The number of carbonyl (C=O) groups excluding carboxylic acids is 3. The van der Waals surface area contributed by atoms with Gasteiger partial charge in [-0.15, -0.1) is 0 Å². The van der Waals surface area contributed by atoms with E-state index in [0.717, 1.165) is 6.07 Å². The number of H-pyrrole nitrogens is 1. The Bertz CT molecular complexity index is 1520. The van der Waals surface area contributed by atoms with Gasteiger partial charge in [0.05, 0.1) is 16.1 Å². The molecule has 1 amide bonds. The number of anilines is 1. The average molecular weight is 471 g/mol. The predicted molar refractivity (Wildman–Crippen MR) is 127 cm³/mol. The molecule has 174 valence electrons. The fraction of sp³-hybridized carbons (Fsp3) is 0.0400. The van der Waals surface area contributed by atoms with Gasteiger partial charge in [-0.3, -0.25) is 24.5 Å². The molecule has 0 radical (unpaired) electrons. The number of non-ortho nitro benzene ring substituents is 1. The van der Waals surface area contributed by atoms with Crippen molar-refractivity contribution in [3.05, 3.63) is 116 Å². The Morgan fingerprint density at radius 2 is 1.66 bits per heavy atom. The first-order valence-corrected chi connectivity index (χ1v) is 10.3. The van der Waals surface area contributed by atoms with E-state index in [0.29, 0.717) is 16.6 Å². The number of hydrogen-bond acceptors (Lipinski definition) is 7. The number of fused-ring (bicyclic) bond motifs is 1. The number of nitro groups is 1. The van der Waals surface area contributed by atoms with Crippen molar-refractivity contribution >= 4 is 39.9 Å². The van der Waals surface area contributed by atoms with Crippen LogP contribution in [0.25, 0.3) is 10.9 Å². The average Bonchev–Trinajstić information content (AvgIpc) is 2.87. The van der Waals surface area contributed by atoms with E-state index in [1.54, 1.807) is 24.3 Å². The Morgan fingerprint density at radius 1 is 0.914 bits per heavy atom. The lowest BCUT2D eigenvalue weighted by molar-refractivity contribution is -0.384. The van der Waals surface area contributed by atoms with Crippen LogP contribution in [0.15, 0.2) is 83.7 Å². The first-order chi connectivity index (χ1) is 16.8. The molecule has 10 heteroatoms. The summed E-state index contributed by atoms with van der Waals surface area (Å²) in [6.45, 7) is -0.589. The molecule has 0 aliphatic carbocycles. The number of esters is 1. The minimum Gasteiger partial charge on any atom is -0.454 e. The van der Waals surface area contributed by atoms with Gasteiger partial charge in [-0.25, -0.2) is 4.79 Å². The number of nitro benzene ring substituents is 1. The van der Waals surface area contributed by atoms with Crippen LogP contribution in [0, 0.1) is 10.1 Å². The van der Waals surface area contributed by atoms with E-state index >= 15 is 0 Å². The van der Waals surface area contributed by atoms with E-state index in [9.17, 15) is 29.3 Å². The van der Waals surface area contributed by atoms with Crippen LogP contribution >= 0.6 is 0 Å². The minimum atomic E-state index is -0.776. The molecule has 0 spiro atoms. The van der Waals surface area contributed by atoms with Crippen LogP contribution in [-0.2, 0) is 4.74 Å². The van der Waals surface area contributed by atoms with Gasteiger partial charge in [-0.2, -0.15) is 0 Å². The maximum Gasteiger partial charge on any atom is 0.338 e. The third kappa shape index (κ3) is 5.28.